The van der Waals surface area contributed by atoms with Crippen LogP contribution in [-0.2, 0) is 6.54 Å². The van der Waals surface area contributed by atoms with Gasteiger partial charge < -0.3 is 5.73 Å². The van der Waals surface area contributed by atoms with Crippen molar-refractivity contribution in [1.29, 1.82) is 0 Å². The van der Waals surface area contributed by atoms with Gasteiger partial charge in [0, 0.05) is 50.6 Å². The van der Waals surface area contributed by atoms with Crippen LogP contribution in [0.2, 0.25) is 0 Å². The highest BCUT2D eigenvalue weighted by molar-refractivity contribution is 5.37. The van der Waals surface area contributed by atoms with Gasteiger partial charge in [-0.1, -0.05) is 0 Å². The van der Waals surface area contributed by atoms with Crippen molar-refractivity contribution in [2.75, 3.05) is 31.9 Å². The summed E-state index contributed by atoms with van der Waals surface area (Å²) in [5.41, 5.74) is 7.67. The lowest BCUT2D eigenvalue weighted by Gasteiger charge is -2.34. The van der Waals surface area contributed by atoms with Gasteiger partial charge in [-0.3, -0.25) is 14.8 Å². The maximum Gasteiger partial charge on any atom is 0.0564 e. The lowest BCUT2D eigenvalue weighted by molar-refractivity contribution is 0.120. The Balaban J connectivity index is 1.53. The van der Waals surface area contributed by atoms with E-state index in [9.17, 15) is 0 Å². The highest BCUT2D eigenvalue weighted by Gasteiger charge is 2.31. The number of hydrogen-bond acceptors (Lipinski definition) is 4. The van der Waals surface area contributed by atoms with Gasteiger partial charge in [0.1, 0.15) is 0 Å². The molecule has 0 atom stereocenters. The summed E-state index contributed by atoms with van der Waals surface area (Å²) in [7, 11) is 0. The molecule has 0 radical (unpaired) electrons. The number of anilines is 1. The van der Waals surface area contributed by atoms with Gasteiger partial charge in [0.15, 0.2) is 0 Å². The van der Waals surface area contributed by atoms with Gasteiger partial charge >= 0.3 is 0 Å². The van der Waals surface area contributed by atoms with E-state index in [0.717, 1.165) is 37.1 Å². The van der Waals surface area contributed by atoms with Gasteiger partial charge in [0.2, 0.25) is 0 Å². The number of piperazine rings is 1. The Kier molecular flexibility index (Phi) is 2.99. The van der Waals surface area contributed by atoms with E-state index < -0.39 is 0 Å². The van der Waals surface area contributed by atoms with Crippen LogP contribution in [0.3, 0.4) is 0 Å². The first kappa shape index (κ1) is 11.0. The van der Waals surface area contributed by atoms with Gasteiger partial charge in [-0.15, -0.1) is 0 Å². The third-order valence-corrected chi connectivity index (χ3v) is 3.70. The minimum Gasteiger partial charge on any atom is -0.399 e. The molecule has 0 spiro atoms. The van der Waals surface area contributed by atoms with Crippen LogP contribution < -0.4 is 5.73 Å². The fraction of sp³-hybridized carbons (Fsp3) is 0.615. The zero-order valence-electron chi connectivity index (χ0n) is 10.2. The van der Waals surface area contributed by atoms with Crippen molar-refractivity contribution in [3.63, 3.8) is 0 Å². The Morgan fingerprint density at radius 2 is 2.00 bits per heavy atom. The molecule has 4 nitrogen and oxygen atoms in total. The summed E-state index contributed by atoms with van der Waals surface area (Å²) in [6.07, 6.45) is 4.62. The molecule has 0 unspecified atom stereocenters. The van der Waals surface area contributed by atoms with Crippen LogP contribution in [0.25, 0.3) is 0 Å². The summed E-state index contributed by atoms with van der Waals surface area (Å²) in [5.74, 6) is 0. The van der Waals surface area contributed by atoms with E-state index in [0.29, 0.717) is 0 Å². The van der Waals surface area contributed by atoms with Crippen LogP contribution in [0.5, 0.6) is 0 Å². The minimum absolute atomic E-state index is 0.812. The van der Waals surface area contributed by atoms with E-state index in [1.54, 1.807) is 6.20 Å². The average molecular weight is 232 g/mol. The van der Waals surface area contributed by atoms with Gasteiger partial charge in [-0.2, -0.15) is 0 Å². The molecule has 0 bridgehead atoms. The molecule has 3 rings (SSSR count). The number of nitrogen functional groups attached to an aromatic ring is 1. The van der Waals surface area contributed by atoms with Crippen molar-refractivity contribution in [3.05, 3.63) is 24.0 Å². The molecule has 2 N–H and O–H groups in total. The molecule has 4 heteroatoms. The van der Waals surface area contributed by atoms with Crippen molar-refractivity contribution in [3.8, 4) is 0 Å². The molecule has 17 heavy (non-hydrogen) atoms. The van der Waals surface area contributed by atoms with E-state index >= 15 is 0 Å². The van der Waals surface area contributed by atoms with Crippen molar-refractivity contribution in [2.45, 2.75) is 25.4 Å². The topological polar surface area (TPSA) is 45.4 Å². The number of nitrogens with zero attached hydrogens (tertiary/aromatic N) is 3. The zero-order chi connectivity index (χ0) is 11.7. The van der Waals surface area contributed by atoms with E-state index in [-0.39, 0.29) is 0 Å². The molecule has 1 aliphatic carbocycles. The molecule has 2 heterocycles. The summed E-state index contributed by atoms with van der Waals surface area (Å²) < 4.78 is 0. The Morgan fingerprint density at radius 3 is 2.65 bits per heavy atom. The summed E-state index contributed by atoms with van der Waals surface area (Å²) >= 11 is 0. The predicted octanol–water partition coefficient (Wildman–Crippen LogP) is 0.944. The smallest absolute Gasteiger partial charge is 0.0564 e. The molecular weight excluding hydrogens is 212 g/mol. The van der Waals surface area contributed by atoms with Gasteiger partial charge in [0.05, 0.1) is 5.69 Å². The average Bonchev–Trinajstić information content (AvgIpc) is 3.14. The monoisotopic (exact) mass is 232 g/mol. The molecule has 2 aliphatic rings. The number of hydrogen-bond donors (Lipinski definition) is 1. The van der Waals surface area contributed by atoms with Crippen LogP contribution in [-0.4, -0.2) is 47.0 Å². The summed E-state index contributed by atoms with van der Waals surface area (Å²) in [6, 6.07) is 4.73. The molecule has 2 fully saturated rings. The molecule has 1 aliphatic heterocycles. The third kappa shape index (κ3) is 2.76. The van der Waals surface area contributed by atoms with Crippen LogP contribution in [0.4, 0.5) is 5.69 Å². The SMILES string of the molecule is Nc1ccnc(CN2CCN(C3CC3)CC2)c1. The predicted molar refractivity (Wildman–Crippen MR) is 68.5 cm³/mol. The zero-order valence-corrected chi connectivity index (χ0v) is 10.2. The maximum atomic E-state index is 5.77. The normalized spacial score (nSPS) is 22.8. The Hall–Kier alpha value is -1.13. The lowest BCUT2D eigenvalue weighted by atomic mass is 10.2. The maximum absolute atomic E-state index is 5.77. The van der Waals surface area contributed by atoms with Crippen LogP contribution >= 0.6 is 0 Å². The molecule has 1 aromatic heterocycles. The van der Waals surface area contributed by atoms with Crippen molar-refractivity contribution >= 4 is 5.69 Å². The number of pyridine rings is 1. The highest BCUT2D eigenvalue weighted by atomic mass is 15.3. The Bertz CT molecular complexity index is 381. The first-order valence-electron chi connectivity index (χ1n) is 6.48. The highest BCUT2D eigenvalue weighted by Crippen LogP contribution is 2.27. The van der Waals surface area contributed by atoms with Gasteiger partial charge in [0.25, 0.3) is 0 Å². The number of nitrogens with two attached hydrogens (primary N) is 1. The fourth-order valence-corrected chi connectivity index (χ4v) is 2.54. The summed E-state index contributed by atoms with van der Waals surface area (Å²) in [4.78, 5) is 9.47. The van der Waals surface area contributed by atoms with Crippen molar-refractivity contribution < 1.29 is 0 Å². The van der Waals surface area contributed by atoms with E-state index in [2.05, 4.69) is 14.8 Å². The first-order chi connectivity index (χ1) is 8.31. The first-order valence-corrected chi connectivity index (χ1v) is 6.48. The van der Waals surface area contributed by atoms with Gasteiger partial charge in [-0.25, -0.2) is 0 Å². The Labute approximate surface area is 102 Å². The second-order valence-electron chi connectivity index (χ2n) is 5.12. The van der Waals surface area contributed by atoms with Crippen LogP contribution in [0, 0.1) is 0 Å². The Morgan fingerprint density at radius 1 is 1.24 bits per heavy atom. The summed E-state index contributed by atoms with van der Waals surface area (Å²) in [5, 5.41) is 0. The molecule has 1 saturated carbocycles. The van der Waals surface area contributed by atoms with Crippen molar-refractivity contribution in [1.82, 2.24) is 14.8 Å². The largest absolute Gasteiger partial charge is 0.399 e. The summed E-state index contributed by atoms with van der Waals surface area (Å²) in [6.45, 7) is 5.68. The number of aromatic nitrogens is 1. The minimum atomic E-state index is 0.812. The molecular formula is C13H20N4. The van der Waals surface area contributed by atoms with E-state index in [4.69, 9.17) is 5.73 Å². The van der Waals surface area contributed by atoms with Gasteiger partial charge in [-0.05, 0) is 25.0 Å². The van der Waals surface area contributed by atoms with Crippen LogP contribution in [0.15, 0.2) is 18.3 Å². The van der Waals surface area contributed by atoms with Crippen molar-refractivity contribution in [2.24, 2.45) is 0 Å². The molecule has 0 aromatic carbocycles. The number of rotatable bonds is 3. The van der Waals surface area contributed by atoms with E-state index in [1.807, 2.05) is 12.1 Å². The fourth-order valence-electron chi connectivity index (χ4n) is 2.54. The second-order valence-corrected chi connectivity index (χ2v) is 5.12. The third-order valence-electron chi connectivity index (χ3n) is 3.70. The molecule has 0 amide bonds. The molecule has 1 aromatic rings. The van der Waals surface area contributed by atoms with Crippen LogP contribution in [0.1, 0.15) is 18.5 Å². The lowest BCUT2D eigenvalue weighted by Crippen LogP contribution is -2.46. The quantitative estimate of drug-likeness (QED) is 0.842. The standard InChI is InChI=1S/C13H20N4/c14-11-3-4-15-12(9-11)10-16-5-7-17(8-6-16)13-1-2-13/h3-4,9,13H,1-2,5-8,10H2,(H2,14,15). The molecule has 1 saturated heterocycles. The second kappa shape index (κ2) is 4.63. The molecule has 92 valence electrons. The van der Waals surface area contributed by atoms with E-state index in [1.165, 1.54) is 25.9 Å².